The van der Waals surface area contributed by atoms with Crippen LogP contribution >= 0.6 is 0 Å². The minimum atomic E-state index is -4.45. The first-order valence-electron chi connectivity index (χ1n) is 10.5. The maximum Gasteiger partial charge on any atom is 0.496 e. The van der Waals surface area contributed by atoms with Gasteiger partial charge in [0.25, 0.3) is 0 Å². The van der Waals surface area contributed by atoms with Crippen LogP contribution in [-0.2, 0) is 14.0 Å². The molecule has 0 spiro atoms. The number of hydrogen-bond donors (Lipinski definition) is 0. The van der Waals surface area contributed by atoms with E-state index >= 15 is 0 Å². The van der Waals surface area contributed by atoms with E-state index in [-0.39, 0.29) is 11.8 Å². The van der Waals surface area contributed by atoms with Crippen molar-refractivity contribution in [3.63, 3.8) is 0 Å². The van der Waals surface area contributed by atoms with Crippen LogP contribution in [0.2, 0.25) is 0 Å². The van der Waals surface area contributed by atoms with Gasteiger partial charge in [-0.05, 0) is 70.3 Å². The fraction of sp³-hybridized carbons (Fsp3) is 0.905. The number of rotatable bonds is 3. The quantitative estimate of drug-likeness (QED) is 0.456. The highest BCUT2D eigenvalue weighted by molar-refractivity contribution is 6.50. The third-order valence-electron chi connectivity index (χ3n) is 7.40. The van der Waals surface area contributed by atoms with E-state index in [1.54, 1.807) is 6.08 Å². The summed E-state index contributed by atoms with van der Waals surface area (Å²) in [6, 6.07) is 0. The van der Waals surface area contributed by atoms with E-state index in [1.165, 1.54) is 0 Å². The van der Waals surface area contributed by atoms with Crippen molar-refractivity contribution >= 4 is 7.12 Å². The molecule has 2 aliphatic heterocycles. The molecule has 2 unspecified atom stereocenters. The number of hydrogen-bond acceptors (Lipinski definition) is 3. The standard InChI is InChI=1S/C21H34BF3O3/c1-13(2)15-12-14(3)8-9-16(15)20(11-10-17(26-20)21(23,24)25)22-27-18(4,5)19(6,7)28-22/h10-11,13-17H,8-9,12H2,1-7H3/t14-,15-,16+,17?,20?/m0/s1. The van der Waals surface area contributed by atoms with Gasteiger partial charge >= 0.3 is 13.3 Å². The predicted octanol–water partition coefficient (Wildman–Crippen LogP) is 5.58. The third kappa shape index (κ3) is 3.67. The van der Waals surface area contributed by atoms with Crippen LogP contribution in [0.3, 0.4) is 0 Å². The van der Waals surface area contributed by atoms with Gasteiger partial charge in [0.15, 0.2) is 6.10 Å². The monoisotopic (exact) mass is 402 g/mol. The topological polar surface area (TPSA) is 27.7 Å². The zero-order valence-electron chi connectivity index (χ0n) is 18.1. The van der Waals surface area contributed by atoms with Gasteiger partial charge in [0.1, 0.15) is 5.50 Å². The molecule has 3 rings (SSSR count). The van der Waals surface area contributed by atoms with E-state index in [4.69, 9.17) is 14.0 Å². The van der Waals surface area contributed by atoms with Crippen LogP contribution in [0.25, 0.3) is 0 Å². The van der Waals surface area contributed by atoms with Crippen LogP contribution in [0.4, 0.5) is 13.2 Å². The lowest BCUT2D eigenvalue weighted by atomic mass is 9.52. The highest BCUT2D eigenvalue weighted by atomic mass is 19.4. The van der Waals surface area contributed by atoms with Crippen molar-refractivity contribution in [3.8, 4) is 0 Å². The second-order valence-electron chi connectivity index (χ2n) is 10.3. The Morgan fingerprint density at radius 1 is 1.04 bits per heavy atom. The van der Waals surface area contributed by atoms with E-state index in [9.17, 15) is 13.2 Å². The van der Waals surface area contributed by atoms with Crippen molar-refractivity contribution in [1.29, 1.82) is 0 Å². The molecule has 2 fully saturated rings. The van der Waals surface area contributed by atoms with Crippen molar-refractivity contribution in [2.75, 3.05) is 0 Å². The molecule has 7 heteroatoms. The largest absolute Gasteiger partial charge is 0.496 e. The van der Waals surface area contributed by atoms with Crippen molar-refractivity contribution in [2.45, 2.75) is 96.7 Å². The molecule has 0 N–H and O–H groups in total. The Bertz CT molecular complexity index is 601. The van der Waals surface area contributed by atoms with E-state index in [0.29, 0.717) is 11.8 Å². The highest BCUT2D eigenvalue weighted by Gasteiger charge is 2.66. The van der Waals surface area contributed by atoms with Crippen molar-refractivity contribution in [3.05, 3.63) is 12.2 Å². The summed E-state index contributed by atoms with van der Waals surface area (Å²) in [6.45, 7) is 14.2. The SMILES string of the molecule is CC(C)[C@@H]1C[C@@H](C)CC[C@H]1C1(B2OC(C)(C)C(C)(C)O2)C=CC(C(F)(F)F)O1. The van der Waals surface area contributed by atoms with Gasteiger partial charge in [0.05, 0.1) is 11.2 Å². The molecule has 0 aromatic carbocycles. The highest BCUT2D eigenvalue weighted by Crippen LogP contribution is 2.53. The summed E-state index contributed by atoms with van der Waals surface area (Å²) in [4.78, 5) is 0. The molecule has 0 radical (unpaired) electrons. The Morgan fingerprint density at radius 2 is 1.61 bits per heavy atom. The molecule has 2 heterocycles. The zero-order chi connectivity index (χ0) is 21.1. The van der Waals surface area contributed by atoms with Crippen LogP contribution in [-0.4, -0.2) is 36.1 Å². The van der Waals surface area contributed by atoms with E-state index in [2.05, 4.69) is 20.8 Å². The molecule has 1 aliphatic carbocycles. The maximum atomic E-state index is 13.5. The lowest BCUT2D eigenvalue weighted by Gasteiger charge is -2.47. The van der Waals surface area contributed by atoms with Crippen LogP contribution in [0.15, 0.2) is 12.2 Å². The fourth-order valence-corrected chi connectivity index (χ4v) is 4.98. The third-order valence-corrected chi connectivity index (χ3v) is 7.40. The Hall–Kier alpha value is -0.525. The average molecular weight is 402 g/mol. The van der Waals surface area contributed by atoms with Gasteiger partial charge in [0.2, 0.25) is 0 Å². The molecule has 0 bridgehead atoms. The molecule has 160 valence electrons. The van der Waals surface area contributed by atoms with Crippen LogP contribution in [0.5, 0.6) is 0 Å². The zero-order valence-corrected chi connectivity index (χ0v) is 18.1. The van der Waals surface area contributed by atoms with Gasteiger partial charge < -0.3 is 14.0 Å². The first-order chi connectivity index (χ1) is 12.7. The Morgan fingerprint density at radius 3 is 2.07 bits per heavy atom. The van der Waals surface area contributed by atoms with Crippen LogP contribution in [0.1, 0.15) is 67.7 Å². The van der Waals surface area contributed by atoms with Gasteiger partial charge in [-0.15, -0.1) is 0 Å². The molecular weight excluding hydrogens is 368 g/mol. The number of alkyl halides is 3. The van der Waals surface area contributed by atoms with E-state index in [1.807, 2.05) is 27.7 Å². The van der Waals surface area contributed by atoms with Gasteiger partial charge in [-0.1, -0.05) is 33.3 Å². The van der Waals surface area contributed by atoms with Crippen molar-refractivity contribution in [1.82, 2.24) is 0 Å². The van der Waals surface area contributed by atoms with Gasteiger partial charge in [0, 0.05) is 0 Å². The number of halogens is 3. The molecule has 0 aromatic rings. The van der Waals surface area contributed by atoms with Gasteiger partial charge in [-0.2, -0.15) is 13.2 Å². The first-order valence-corrected chi connectivity index (χ1v) is 10.5. The summed E-state index contributed by atoms with van der Waals surface area (Å²) >= 11 is 0. The van der Waals surface area contributed by atoms with Crippen LogP contribution < -0.4 is 0 Å². The van der Waals surface area contributed by atoms with E-state index < -0.39 is 36.1 Å². The Balaban J connectivity index is 2.01. The summed E-state index contributed by atoms with van der Waals surface area (Å²) < 4.78 is 58.9. The minimum absolute atomic E-state index is 0.0815. The Kier molecular flexibility index (Phi) is 5.56. The first kappa shape index (κ1) is 22.2. The molecular formula is C21H34BF3O3. The lowest BCUT2D eigenvalue weighted by molar-refractivity contribution is -0.223. The van der Waals surface area contributed by atoms with Gasteiger partial charge in [-0.3, -0.25) is 0 Å². The van der Waals surface area contributed by atoms with E-state index in [0.717, 1.165) is 25.3 Å². The second kappa shape index (κ2) is 7.02. The fourth-order valence-electron chi connectivity index (χ4n) is 4.98. The molecule has 5 atom stereocenters. The summed E-state index contributed by atoms with van der Waals surface area (Å²) in [5.41, 5.74) is -2.48. The normalized spacial score (nSPS) is 40.5. The Labute approximate surface area is 167 Å². The second-order valence-corrected chi connectivity index (χ2v) is 10.3. The average Bonchev–Trinajstić information content (AvgIpc) is 3.08. The molecule has 3 aliphatic rings. The summed E-state index contributed by atoms with van der Waals surface area (Å²) in [5.74, 6) is 1.07. The van der Waals surface area contributed by atoms with Crippen molar-refractivity contribution < 1.29 is 27.2 Å². The van der Waals surface area contributed by atoms with Crippen LogP contribution in [0, 0.1) is 23.7 Å². The molecule has 1 saturated carbocycles. The minimum Gasteiger partial charge on any atom is -0.401 e. The summed E-state index contributed by atoms with van der Waals surface area (Å²) in [7, 11) is -0.860. The number of ether oxygens (including phenoxy) is 1. The van der Waals surface area contributed by atoms with Gasteiger partial charge in [-0.25, -0.2) is 0 Å². The van der Waals surface area contributed by atoms with Crippen molar-refractivity contribution in [2.24, 2.45) is 23.7 Å². The smallest absolute Gasteiger partial charge is 0.401 e. The maximum absolute atomic E-state index is 13.5. The molecule has 28 heavy (non-hydrogen) atoms. The molecule has 0 aromatic heterocycles. The molecule has 1 saturated heterocycles. The molecule has 3 nitrogen and oxygen atoms in total. The summed E-state index contributed by atoms with van der Waals surface area (Å²) in [6.07, 6.45) is -0.844. The molecule has 0 amide bonds. The summed E-state index contributed by atoms with van der Waals surface area (Å²) in [5, 5.41) is 0. The predicted molar refractivity (Wildman–Crippen MR) is 104 cm³/mol. The lowest BCUT2D eigenvalue weighted by Crippen LogP contribution is -2.58.